The molecule has 1 amide bonds. The number of amides is 1. The summed E-state index contributed by atoms with van der Waals surface area (Å²) in [7, 11) is 0. The number of allylic oxidation sites excluding steroid dienone is 3. The number of benzene rings is 3. The third-order valence-corrected chi connectivity index (χ3v) is 8.20. The van der Waals surface area contributed by atoms with Crippen LogP contribution in [0.1, 0.15) is 56.6 Å². The quantitative estimate of drug-likeness (QED) is 0.296. The third-order valence-electron chi connectivity index (χ3n) is 8.20. The number of aliphatic imine (C=N–C) groups is 1. The Balaban J connectivity index is 0.00000170. The second-order valence-electron chi connectivity index (χ2n) is 11.5. The first-order chi connectivity index (χ1) is 22.9. The normalized spacial score (nSPS) is 18.4. The Labute approximate surface area is 303 Å². The average molecular weight is 661 g/mol. The molecule has 3 aliphatic rings. The number of ether oxygens (including phenoxy) is 3. The number of aliphatic carboxylic acids is 1. The summed E-state index contributed by atoms with van der Waals surface area (Å²) in [5.41, 5.74) is 1.82. The van der Waals surface area contributed by atoms with Crippen molar-refractivity contribution in [1.29, 1.82) is 0 Å². The molecule has 4 atom stereocenters. The number of rotatable bonds is 12. The van der Waals surface area contributed by atoms with E-state index in [1.165, 1.54) is 0 Å². The van der Waals surface area contributed by atoms with E-state index in [0.29, 0.717) is 23.8 Å². The number of carbonyl (C=O) groups is 2. The molecule has 3 aromatic rings. The molecule has 246 valence electrons. The minimum absolute atomic E-state index is 0. The number of nitrogens with zero attached hydrogens (tertiary/aromatic N) is 2. The predicted octanol–water partition coefficient (Wildman–Crippen LogP) is 2.23. The minimum atomic E-state index is -1.48. The van der Waals surface area contributed by atoms with Crippen LogP contribution >= 0.6 is 0 Å². The summed E-state index contributed by atoms with van der Waals surface area (Å²) in [6.45, 7) is 4.62. The van der Waals surface area contributed by atoms with Crippen LogP contribution in [0.3, 0.4) is 0 Å². The Hall–Kier alpha value is -3.89. The summed E-state index contributed by atoms with van der Waals surface area (Å²) in [6.07, 6.45) is 11.1. The van der Waals surface area contributed by atoms with Crippen LogP contribution in [0, 0.1) is 0 Å². The van der Waals surface area contributed by atoms with Crippen LogP contribution < -0.4 is 44.1 Å². The van der Waals surface area contributed by atoms with Crippen molar-refractivity contribution >= 4 is 28.5 Å². The minimum Gasteiger partial charge on any atom is -0.550 e. The van der Waals surface area contributed by atoms with Gasteiger partial charge in [-0.05, 0) is 71.5 Å². The Morgan fingerprint density at radius 3 is 2.60 bits per heavy atom. The predicted molar refractivity (Wildman–Crippen MR) is 179 cm³/mol. The van der Waals surface area contributed by atoms with Crippen molar-refractivity contribution in [2.24, 2.45) is 4.99 Å². The number of hydrogen-bond acceptors (Lipinski definition) is 8. The number of carboxylic acid groups (broad SMARTS) is 1. The van der Waals surface area contributed by atoms with E-state index >= 15 is 0 Å². The maximum atomic E-state index is 13.7. The van der Waals surface area contributed by atoms with Crippen LogP contribution in [0.4, 0.5) is 0 Å². The SMILES string of the molecule is CC.O=C([O-])CCC(O)C(=O)N(Cc1ccc2ccccc2c1)CC(C/C=C/C1=NC2C=CC=CC(C2)O1)c1ccc2c(c1)OCO2.[Na+]. The molecule has 0 radical (unpaired) electrons. The monoisotopic (exact) mass is 660 g/mol. The average Bonchev–Trinajstić information content (AvgIpc) is 3.50. The van der Waals surface area contributed by atoms with Crippen LogP contribution in [0.5, 0.6) is 11.5 Å². The van der Waals surface area contributed by atoms with E-state index in [1.54, 1.807) is 4.90 Å². The third kappa shape index (κ3) is 9.82. The summed E-state index contributed by atoms with van der Waals surface area (Å²) in [5.74, 6) is -0.223. The fourth-order valence-electron chi connectivity index (χ4n) is 5.85. The molecule has 6 rings (SSSR count). The molecule has 0 saturated carbocycles. The van der Waals surface area contributed by atoms with Crippen molar-refractivity contribution in [3.63, 3.8) is 0 Å². The van der Waals surface area contributed by atoms with Gasteiger partial charge in [0.15, 0.2) is 11.5 Å². The number of aliphatic hydroxyl groups is 1. The molecular weight excluding hydrogens is 619 g/mol. The van der Waals surface area contributed by atoms with Crippen LogP contribution in [0.15, 0.2) is 102 Å². The van der Waals surface area contributed by atoms with Crippen molar-refractivity contribution in [2.75, 3.05) is 13.3 Å². The fourth-order valence-corrected chi connectivity index (χ4v) is 5.85. The summed E-state index contributed by atoms with van der Waals surface area (Å²) in [5, 5.41) is 24.0. The van der Waals surface area contributed by atoms with E-state index in [1.807, 2.05) is 105 Å². The fraction of sp³-hybridized carbons (Fsp3) is 0.342. The maximum Gasteiger partial charge on any atom is 1.00 e. The maximum absolute atomic E-state index is 13.7. The summed E-state index contributed by atoms with van der Waals surface area (Å²) >= 11 is 0. The van der Waals surface area contributed by atoms with Crippen LogP contribution in [0.2, 0.25) is 0 Å². The molecule has 0 saturated heterocycles. The second-order valence-corrected chi connectivity index (χ2v) is 11.5. The summed E-state index contributed by atoms with van der Waals surface area (Å²) < 4.78 is 17.2. The Bertz CT molecular complexity index is 1680. The van der Waals surface area contributed by atoms with E-state index in [-0.39, 0.29) is 73.9 Å². The summed E-state index contributed by atoms with van der Waals surface area (Å²) in [6, 6.07) is 19.8. The zero-order valence-corrected chi connectivity index (χ0v) is 29.8. The molecule has 2 heterocycles. The number of hydrogen-bond donors (Lipinski definition) is 1. The van der Waals surface area contributed by atoms with Crippen molar-refractivity contribution in [2.45, 2.75) is 70.2 Å². The summed E-state index contributed by atoms with van der Waals surface area (Å²) in [4.78, 5) is 31.1. The molecule has 0 spiro atoms. The zero-order chi connectivity index (χ0) is 33.2. The molecule has 2 aliphatic heterocycles. The molecule has 9 nitrogen and oxygen atoms in total. The molecule has 0 aromatic heterocycles. The van der Waals surface area contributed by atoms with Gasteiger partial charge < -0.3 is 34.1 Å². The number of carboxylic acids is 1. The van der Waals surface area contributed by atoms with Gasteiger partial charge in [0.25, 0.3) is 5.91 Å². The van der Waals surface area contributed by atoms with E-state index in [0.717, 1.165) is 28.3 Å². The van der Waals surface area contributed by atoms with Crippen molar-refractivity contribution in [3.8, 4) is 11.5 Å². The molecule has 1 aliphatic carbocycles. The van der Waals surface area contributed by atoms with Crippen molar-refractivity contribution < 1.29 is 63.6 Å². The molecule has 10 heteroatoms. The zero-order valence-electron chi connectivity index (χ0n) is 27.8. The van der Waals surface area contributed by atoms with Crippen molar-refractivity contribution in [3.05, 3.63) is 108 Å². The Morgan fingerprint density at radius 2 is 1.79 bits per heavy atom. The van der Waals surface area contributed by atoms with E-state index in [4.69, 9.17) is 19.2 Å². The first kappa shape index (κ1) is 36.9. The van der Waals surface area contributed by atoms with Crippen LogP contribution in [0.25, 0.3) is 10.8 Å². The van der Waals surface area contributed by atoms with Gasteiger partial charge in [-0.3, -0.25) is 4.79 Å². The first-order valence-electron chi connectivity index (χ1n) is 16.2. The second kappa shape index (κ2) is 18.0. The Morgan fingerprint density at radius 1 is 1.02 bits per heavy atom. The van der Waals surface area contributed by atoms with Gasteiger partial charge in [-0.25, -0.2) is 4.99 Å². The van der Waals surface area contributed by atoms with E-state index in [2.05, 4.69) is 6.08 Å². The first-order valence-corrected chi connectivity index (χ1v) is 16.2. The van der Waals surface area contributed by atoms with Gasteiger partial charge in [0.1, 0.15) is 12.2 Å². The van der Waals surface area contributed by atoms with Gasteiger partial charge in [-0.2, -0.15) is 0 Å². The molecule has 3 aromatic carbocycles. The molecule has 1 N–H and O–H groups in total. The van der Waals surface area contributed by atoms with Crippen LogP contribution in [-0.2, 0) is 20.9 Å². The largest absolute Gasteiger partial charge is 1.00 e. The molecule has 0 fully saturated rings. The molecular formula is C38H41N2NaO7. The Kier molecular flexibility index (Phi) is 13.9. The van der Waals surface area contributed by atoms with Crippen LogP contribution in [-0.4, -0.2) is 59.4 Å². The van der Waals surface area contributed by atoms with Gasteiger partial charge in [-0.1, -0.05) is 80.6 Å². The van der Waals surface area contributed by atoms with Crippen molar-refractivity contribution in [1.82, 2.24) is 4.90 Å². The van der Waals surface area contributed by atoms with E-state index < -0.39 is 24.4 Å². The van der Waals surface area contributed by atoms with Gasteiger partial charge >= 0.3 is 29.6 Å². The standard InChI is InChI=1S/C36H36N2O7.C2H6.Na/c39-31(15-17-35(40)41)36(42)38(21-24-12-13-25-6-1-2-7-26(25)18-24)22-28(27-14-16-32-33(19-27)44-23-43-32)8-5-11-34-37-29-9-3-4-10-30(20-29)45-34;1-2;/h1-7,9-14,16,18-19,28-31,39H,8,15,17,20-23H2,(H,40,41);1-2H3;/q;;+1/p-1/b11-5+;;. The number of fused-ring (bicyclic) bond motifs is 4. The van der Waals surface area contributed by atoms with Gasteiger partial charge in [0, 0.05) is 31.4 Å². The number of aliphatic hydroxyl groups excluding tert-OH is 1. The van der Waals surface area contributed by atoms with Gasteiger partial charge in [0.05, 0.1) is 6.04 Å². The van der Waals surface area contributed by atoms with E-state index in [9.17, 15) is 19.8 Å². The van der Waals surface area contributed by atoms with Gasteiger partial charge in [0.2, 0.25) is 12.7 Å². The molecule has 2 bridgehead atoms. The topological polar surface area (TPSA) is 121 Å². The molecule has 48 heavy (non-hydrogen) atoms. The van der Waals surface area contributed by atoms with Gasteiger partial charge in [-0.15, -0.1) is 0 Å². The number of carbonyl (C=O) groups excluding carboxylic acids is 2. The molecule has 4 unspecified atom stereocenters. The smallest absolute Gasteiger partial charge is 0.550 e.